The van der Waals surface area contributed by atoms with E-state index in [2.05, 4.69) is 25.5 Å². The summed E-state index contributed by atoms with van der Waals surface area (Å²) in [5.41, 5.74) is 1.09. The zero-order valence-electron chi connectivity index (χ0n) is 11.9. The average Bonchev–Trinajstić information content (AvgIpc) is 3.10. The van der Waals surface area contributed by atoms with Crippen molar-refractivity contribution in [1.29, 1.82) is 0 Å². The average molecular weight is 315 g/mol. The number of aryl methyl sites for hydroxylation is 1. The third-order valence-corrected chi connectivity index (χ3v) is 4.56. The van der Waals surface area contributed by atoms with Gasteiger partial charge in [-0.1, -0.05) is 0 Å². The normalized spacial score (nSPS) is 14.3. The van der Waals surface area contributed by atoms with Crippen LogP contribution in [0.2, 0.25) is 0 Å². The molecule has 0 amide bonds. The van der Waals surface area contributed by atoms with Crippen molar-refractivity contribution in [3.63, 3.8) is 0 Å². The molecule has 0 aliphatic heterocycles. The lowest BCUT2D eigenvalue weighted by Crippen LogP contribution is -2.00. The molecule has 5 nitrogen and oxygen atoms in total. The molecule has 3 heterocycles. The third kappa shape index (κ3) is 2.59. The monoisotopic (exact) mass is 315 g/mol. The lowest BCUT2D eigenvalue weighted by Gasteiger charge is -2.04. The maximum Gasteiger partial charge on any atom is 0.184 e. The van der Waals surface area contributed by atoms with Crippen LogP contribution in [0.25, 0.3) is 10.7 Å². The summed E-state index contributed by atoms with van der Waals surface area (Å²) in [5.74, 6) is 1.31. The predicted octanol–water partition coefficient (Wildman–Crippen LogP) is 4.00. The van der Waals surface area contributed by atoms with Crippen molar-refractivity contribution in [2.24, 2.45) is 0 Å². The van der Waals surface area contributed by atoms with Gasteiger partial charge in [-0.25, -0.2) is 14.4 Å². The number of aromatic amines is 1. The van der Waals surface area contributed by atoms with Crippen LogP contribution in [0.1, 0.15) is 29.3 Å². The van der Waals surface area contributed by atoms with E-state index in [1.165, 1.54) is 23.9 Å². The smallest absolute Gasteiger partial charge is 0.184 e. The van der Waals surface area contributed by atoms with Crippen molar-refractivity contribution in [2.75, 3.05) is 5.32 Å². The Hall–Kier alpha value is -2.28. The highest BCUT2D eigenvalue weighted by Gasteiger charge is 2.25. The maximum absolute atomic E-state index is 13.9. The fraction of sp³-hybridized carbons (Fsp3) is 0.267. The molecule has 22 heavy (non-hydrogen) atoms. The molecule has 0 saturated heterocycles. The van der Waals surface area contributed by atoms with E-state index in [9.17, 15) is 4.39 Å². The Morgan fingerprint density at radius 1 is 1.36 bits per heavy atom. The minimum absolute atomic E-state index is 0.143. The number of nitrogens with zero attached hydrogens (tertiary/aromatic N) is 3. The summed E-state index contributed by atoms with van der Waals surface area (Å²) in [4.78, 5) is 10.4. The van der Waals surface area contributed by atoms with Crippen LogP contribution in [0, 0.1) is 12.7 Å². The molecule has 0 bridgehead atoms. The molecule has 112 valence electrons. The van der Waals surface area contributed by atoms with Gasteiger partial charge >= 0.3 is 0 Å². The molecule has 0 spiro atoms. The second-order valence-electron chi connectivity index (χ2n) is 5.41. The standard InChI is InChI=1S/C15H14FN5S/c1-8-2-5-12(22-8)15-17-7-10(16)14(19-15)18-13-6-11(20-21-13)9-3-4-9/h2,5-7,9H,3-4H2,1H3,(H2,17,18,19,20,21). The Kier molecular flexibility index (Phi) is 3.15. The predicted molar refractivity (Wildman–Crippen MR) is 83.9 cm³/mol. The van der Waals surface area contributed by atoms with Crippen molar-refractivity contribution in [1.82, 2.24) is 20.2 Å². The molecule has 3 aromatic rings. The Bertz CT molecular complexity index is 821. The quantitative estimate of drug-likeness (QED) is 0.764. The summed E-state index contributed by atoms with van der Waals surface area (Å²) in [6.45, 7) is 2.01. The van der Waals surface area contributed by atoms with E-state index in [1.54, 1.807) is 11.3 Å². The van der Waals surface area contributed by atoms with Crippen LogP contribution in [0.15, 0.2) is 24.4 Å². The maximum atomic E-state index is 13.9. The van der Waals surface area contributed by atoms with Crippen molar-refractivity contribution in [3.05, 3.63) is 40.8 Å². The molecule has 1 aliphatic carbocycles. The third-order valence-electron chi connectivity index (χ3n) is 3.57. The summed E-state index contributed by atoms with van der Waals surface area (Å²) in [6, 6.07) is 5.85. The summed E-state index contributed by atoms with van der Waals surface area (Å²) in [7, 11) is 0. The number of aromatic nitrogens is 4. The molecular formula is C15H14FN5S. The Morgan fingerprint density at radius 2 is 2.23 bits per heavy atom. The topological polar surface area (TPSA) is 66.5 Å². The van der Waals surface area contributed by atoms with Gasteiger partial charge in [0.15, 0.2) is 23.3 Å². The molecule has 0 unspecified atom stereocenters. The van der Waals surface area contributed by atoms with Crippen molar-refractivity contribution in [2.45, 2.75) is 25.7 Å². The largest absolute Gasteiger partial charge is 0.321 e. The first-order valence-corrected chi connectivity index (χ1v) is 7.92. The lowest BCUT2D eigenvalue weighted by molar-refractivity contribution is 0.619. The van der Waals surface area contributed by atoms with E-state index in [1.807, 2.05) is 25.1 Å². The fourth-order valence-electron chi connectivity index (χ4n) is 2.25. The Labute approximate surface area is 130 Å². The Balaban J connectivity index is 1.62. The molecule has 2 N–H and O–H groups in total. The second-order valence-corrected chi connectivity index (χ2v) is 6.70. The van der Waals surface area contributed by atoms with Crippen LogP contribution in [-0.4, -0.2) is 20.2 Å². The number of rotatable bonds is 4. The molecule has 1 fully saturated rings. The number of anilines is 2. The molecular weight excluding hydrogens is 301 g/mol. The summed E-state index contributed by atoms with van der Waals surface area (Å²) in [5, 5.41) is 10.1. The van der Waals surface area contributed by atoms with Crippen LogP contribution >= 0.6 is 11.3 Å². The molecule has 1 aliphatic rings. The van der Waals surface area contributed by atoms with Crippen LogP contribution in [-0.2, 0) is 0 Å². The SMILES string of the molecule is Cc1ccc(-c2ncc(F)c(Nc3cc(C4CC4)[nH]n3)n2)s1. The first-order valence-electron chi connectivity index (χ1n) is 7.11. The van der Waals surface area contributed by atoms with E-state index in [0.717, 1.165) is 10.6 Å². The van der Waals surface area contributed by atoms with E-state index in [0.29, 0.717) is 17.6 Å². The molecule has 4 rings (SSSR count). The first-order chi connectivity index (χ1) is 10.7. The molecule has 0 radical (unpaired) electrons. The van der Waals surface area contributed by atoms with E-state index < -0.39 is 5.82 Å². The summed E-state index contributed by atoms with van der Waals surface area (Å²) >= 11 is 1.58. The molecule has 0 aromatic carbocycles. The number of H-pyrrole nitrogens is 1. The van der Waals surface area contributed by atoms with Gasteiger partial charge in [0.05, 0.1) is 11.1 Å². The van der Waals surface area contributed by atoms with Crippen molar-refractivity contribution >= 4 is 23.0 Å². The zero-order valence-corrected chi connectivity index (χ0v) is 12.7. The van der Waals surface area contributed by atoms with Crippen molar-refractivity contribution in [3.8, 4) is 10.7 Å². The van der Waals surface area contributed by atoms with Gasteiger partial charge in [-0.2, -0.15) is 5.10 Å². The van der Waals surface area contributed by atoms with E-state index in [-0.39, 0.29) is 5.82 Å². The zero-order chi connectivity index (χ0) is 15.1. The van der Waals surface area contributed by atoms with Gasteiger partial charge in [-0.05, 0) is 31.9 Å². The highest BCUT2D eigenvalue weighted by atomic mass is 32.1. The molecule has 1 saturated carbocycles. The fourth-order valence-corrected chi connectivity index (χ4v) is 3.06. The van der Waals surface area contributed by atoms with E-state index >= 15 is 0 Å². The summed E-state index contributed by atoms with van der Waals surface area (Å²) in [6.07, 6.45) is 3.56. The number of thiophene rings is 1. The van der Waals surface area contributed by atoms with Gasteiger partial charge in [-0.15, -0.1) is 11.3 Å². The van der Waals surface area contributed by atoms with Crippen molar-refractivity contribution < 1.29 is 4.39 Å². The van der Waals surface area contributed by atoms with Crippen LogP contribution in [0.4, 0.5) is 16.0 Å². The minimum atomic E-state index is -0.493. The number of hydrogen-bond donors (Lipinski definition) is 2. The van der Waals surface area contributed by atoms with Gasteiger partial charge in [0, 0.05) is 22.6 Å². The highest BCUT2D eigenvalue weighted by molar-refractivity contribution is 7.15. The number of nitrogens with one attached hydrogen (secondary N) is 2. The van der Waals surface area contributed by atoms with Gasteiger partial charge in [-0.3, -0.25) is 5.10 Å². The van der Waals surface area contributed by atoms with Gasteiger partial charge in [0.25, 0.3) is 0 Å². The minimum Gasteiger partial charge on any atom is -0.321 e. The lowest BCUT2D eigenvalue weighted by atomic mass is 10.3. The second kappa shape index (κ2) is 5.17. The van der Waals surface area contributed by atoms with Gasteiger partial charge in [0.1, 0.15) is 0 Å². The number of halogens is 1. The highest BCUT2D eigenvalue weighted by Crippen LogP contribution is 2.39. The Morgan fingerprint density at radius 3 is 2.95 bits per heavy atom. The van der Waals surface area contributed by atoms with E-state index in [4.69, 9.17) is 0 Å². The summed E-state index contributed by atoms with van der Waals surface area (Å²) < 4.78 is 13.9. The van der Waals surface area contributed by atoms with Crippen LogP contribution in [0.5, 0.6) is 0 Å². The first kappa shape index (κ1) is 13.4. The number of hydrogen-bond acceptors (Lipinski definition) is 5. The van der Waals surface area contributed by atoms with Crippen LogP contribution < -0.4 is 5.32 Å². The van der Waals surface area contributed by atoms with Crippen LogP contribution in [0.3, 0.4) is 0 Å². The molecule has 0 atom stereocenters. The van der Waals surface area contributed by atoms with Gasteiger partial charge < -0.3 is 5.32 Å². The molecule has 3 aromatic heterocycles. The van der Waals surface area contributed by atoms with Gasteiger partial charge in [0.2, 0.25) is 0 Å². The molecule has 7 heteroatoms.